The molecule has 23 heavy (non-hydrogen) atoms. The van der Waals surface area contributed by atoms with Crippen LogP contribution < -0.4 is 5.32 Å². The van der Waals surface area contributed by atoms with E-state index in [2.05, 4.69) is 5.32 Å². The zero-order valence-corrected chi connectivity index (χ0v) is 13.0. The van der Waals surface area contributed by atoms with Gasteiger partial charge in [-0.1, -0.05) is 12.1 Å². The van der Waals surface area contributed by atoms with Crippen molar-refractivity contribution >= 4 is 21.2 Å². The molecule has 0 aliphatic rings. The monoisotopic (exact) mass is 331 g/mol. The molecule has 0 bridgehead atoms. The van der Waals surface area contributed by atoms with Gasteiger partial charge in [-0.05, 0) is 29.8 Å². The lowest BCUT2D eigenvalue weighted by molar-refractivity contribution is -0.384. The molecule has 7 nitrogen and oxygen atoms in total. The summed E-state index contributed by atoms with van der Waals surface area (Å²) in [4.78, 5) is 10.7. The van der Waals surface area contributed by atoms with E-state index in [1.807, 2.05) is 6.07 Å². The molecular weight excluding hydrogens is 318 g/mol. The summed E-state index contributed by atoms with van der Waals surface area (Å²) in [5.74, 6) is 0. The van der Waals surface area contributed by atoms with Gasteiger partial charge in [0.15, 0.2) is 9.84 Å². The number of nitro groups is 1. The van der Waals surface area contributed by atoms with Gasteiger partial charge in [0, 0.05) is 18.9 Å². The van der Waals surface area contributed by atoms with E-state index in [9.17, 15) is 18.5 Å². The van der Waals surface area contributed by atoms with E-state index in [1.54, 1.807) is 12.1 Å². The Bertz CT molecular complexity index is 884. The first-order valence-corrected chi connectivity index (χ1v) is 8.42. The molecule has 2 aromatic rings. The molecule has 1 N–H and O–H groups in total. The molecule has 0 saturated carbocycles. The van der Waals surface area contributed by atoms with Gasteiger partial charge in [-0.2, -0.15) is 5.26 Å². The van der Waals surface area contributed by atoms with E-state index in [0.29, 0.717) is 5.69 Å². The Morgan fingerprint density at radius 3 is 2.39 bits per heavy atom. The molecule has 0 aliphatic carbocycles. The fourth-order valence-electron chi connectivity index (χ4n) is 1.95. The number of nitrogens with zero attached hydrogens (tertiary/aromatic N) is 2. The van der Waals surface area contributed by atoms with Crippen LogP contribution >= 0.6 is 0 Å². The van der Waals surface area contributed by atoms with Gasteiger partial charge >= 0.3 is 0 Å². The van der Waals surface area contributed by atoms with E-state index in [-0.39, 0.29) is 22.7 Å². The Kier molecular flexibility index (Phi) is 4.62. The third kappa shape index (κ3) is 4.05. The second-order valence-electron chi connectivity index (χ2n) is 4.87. The number of hydrogen-bond donors (Lipinski definition) is 1. The highest BCUT2D eigenvalue weighted by Crippen LogP contribution is 2.26. The van der Waals surface area contributed by atoms with Gasteiger partial charge < -0.3 is 5.32 Å². The summed E-state index contributed by atoms with van der Waals surface area (Å²) in [5.41, 5.74) is 1.09. The highest BCUT2D eigenvalue weighted by molar-refractivity contribution is 7.90. The minimum absolute atomic E-state index is 0.184. The molecule has 0 saturated heterocycles. The molecular formula is C15H13N3O4S. The van der Waals surface area contributed by atoms with E-state index < -0.39 is 14.8 Å². The van der Waals surface area contributed by atoms with Crippen LogP contribution in [-0.2, 0) is 16.4 Å². The molecule has 118 valence electrons. The van der Waals surface area contributed by atoms with Gasteiger partial charge in [0.25, 0.3) is 5.69 Å². The summed E-state index contributed by atoms with van der Waals surface area (Å²) >= 11 is 0. The van der Waals surface area contributed by atoms with Gasteiger partial charge in [-0.25, -0.2) is 8.42 Å². The van der Waals surface area contributed by atoms with Crippen molar-refractivity contribution in [3.8, 4) is 6.07 Å². The van der Waals surface area contributed by atoms with Gasteiger partial charge in [0.2, 0.25) is 0 Å². The number of nitro benzene ring substituents is 1. The van der Waals surface area contributed by atoms with Crippen LogP contribution in [0.5, 0.6) is 0 Å². The van der Waals surface area contributed by atoms with Crippen molar-refractivity contribution in [1.82, 2.24) is 0 Å². The van der Waals surface area contributed by atoms with Crippen molar-refractivity contribution < 1.29 is 13.3 Å². The minimum atomic E-state index is -3.25. The van der Waals surface area contributed by atoms with Gasteiger partial charge in [-0.3, -0.25) is 10.1 Å². The number of anilines is 1. The van der Waals surface area contributed by atoms with Crippen molar-refractivity contribution in [3.05, 3.63) is 63.7 Å². The maximum atomic E-state index is 11.4. The van der Waals surface area contributed by atoms with Crippen molar-refractivity contribution in [2.24, 2.45) is 0 Å². The molecule has 0 fully saturated rings. The second-order valence-corrected chi connectivity index (χ2v) is 6.89. The predicted octanol–water partition coefficient (Wildman–Crippen LogP) is 2.48. The van der Waals surface area contributed by atoms with E-state index in [1.165, 1.54) is 30.3 Å². The molecule has 0 aliphatic heterocycles. The van der Waals surface area contributed by atoms with Crippen LogP contribution in [0.2, 0.25) is 0 Å². The van der Waals surface area contributed by atoms with Crippen LogP contribution in [0, 0.1) is 21.4 Å². The smallest absolute Gasteiger partial charge is 0.293 e. The van der Waals surface area contributed by atoms with Crippen molar-refractivity contribution in [1.29, 1.82) is 5.26 Å². The van der Waals surface area contributed by atoms with Crippen molar-refractivity contribution in [2.45, 2.75) is 11.4 Å². The van der Waals surface area contributed by atoms with E-state index >= 15 is 0 Å². The molecule has 8 heteroatoms. The average molecular weight is 331 g/mol. The third-order valence-corrected chi connectivity index (χ3v) is 4.29. The van der Waals surface area contributed by atoms with Gasteiger partial charge in [-0.15, -0.1) is 0 Å². The highest BCUT2D eigenvalue weighted by Gasteiger charge is 2.14. The van der Waals surface area contributed by atoms with Crippen LogP contribution in [0.3, 0.4) is 0 Å². The molecule has 2 aromatic carbocycles. The molecule has 0 spiro atoms. The fourth-order valence-corrected chi connectivity index (χ4v) is 2.58. The predicted molar refractivity (Wildman–Crippen MR) is 84.7 cm³/mol. The third-order valence-electron chi connectivity index (χ3n) is 3.16. The first-order valence-electron chi connectivity index (χ1n) is 6.52. The maximum absolute atomic E-state index is 11.4. The average Bonchev–Trinajstić information content (AvgIpc) is 2.52. The van der Waals surface area contributed by atoms with Crippen LogP contribution in [-0.4, -0.2) is 19.6 Å². The number of benzene rings is 2. The van der Waals surface area contributed by atoms with Crippen LogP contribution in [0.15, 0.2) is 47.4 Å². The zero-order valence-electron chi connectivity index (χ0n) is 12.2. The maximum Gasteiger partial charge on any atom is 0.293 e. The lowest BCUT2D eigenvalue weighted by Crippen LogP contribution is -2.03. The normalized spacial score (nSPS) is 10.8. The largest absolute Gasteiger partial charge is 0.375 e. The lowest BCUT2D eigenvalue weighted by atomic mass is 10.1. The number of sulfone groups is 1. The van der Waals surface area contributed by atoms with E-state index in [0.717, 1.165) is 11.8 Å². The first kappa shape index (κ1) is 16.5. The Morgan fingerprint density at radius 1 is 1.22 bits per heavy atom. The number of hydrogen-bond acceptors (Lipinski definition) is 6. The highest BCUT2D eigenvalue weighted by atomic mass is 32.2. The fraction of sp³-hybridized carbons (Fsp3) is 0.133. The molecule has 2 rings (SSSR count). The summed E-state index contributed by atoms with van der Waals surface area (Å²) in [6, 6.07) is 12.3. The van der Waals surface area contributed by atoms with Crippen molar-refractivity contribution in [2.75, 3.05) is 11.6 Å². The van der Waals surface area contributed by atoms with Gasteiger partial charge in [0.05, 0.1) is 21.5 Å². The SMILES string of the molecule is CS(=O)(=O)c1ccc(CNc2ccc(C#N)cc2[N+](=O)[O-])cc1. The molecule has 0 atom stereocenters. The quantitative estimate of drug-likeness (QED) is 0.665. The van der Waals surface area contributed by atoms with E-state index in [4.69, 9.17) is 5.26 Å². The first-order chi connectivity index (χ1) is 10.8. The summed E-state index contributed by atoms with van der Waals surface area (Å²) in [6.07, 6.45) is 1.13. The Labute approximate surface area is 133 Å². The second kappa shape index (κ2) is 6.46. The van der Waals surface area contributed by atoms with Gasteiger partial charge in [0.1, 0.15) is 5.69 Å². The minimum Gasteiger partial charge on any atom is -0.375 e. The Hall–Kier alpha value is -2.92. The topological polar surface area (TPSA) is 113 Å². The summed E-state index contributed by atoms with van der Waals surface area (Å²) in [6.45, 7) is 0.288. The molecule has 0 amide bonds. The summed E-state index contributed by atoms with van der Waals surface area (Å²) < 4.78 is 22.8. The Balaban J connectivity index is 2.18. The molecule has 0 heterocycles. The molecule has 0 aromatic heterocycles. The number of rotatable bonds is 5. The number of nitrogens with one attached hydrogen (secondary N) is 1. The van der Waals surface area contributed by atoms with Crippen molar-refractivity contribution in [3.63, 3.8) is 0 Å². The number of nitriles is 1. The zero-order chi connectivity index (χ0) is 17.0. The summed E-state index contributed by atoms with van der Waals surface area (Å²) in [5, 5.41) is 22.8. The summed E-state index contributed by atoms with van der Waals surface area (Å²) in [7, 11) is -3.25. The standard InChI is InChI=1S/C15H13N3O4S/c1-23(21,22)13-5-2-11(3-6-13)10-17-14-7-4-12(9-16)8-15(14)18(19)20/h2-8,17H,10H2,1H3. The van der Waals surface area contributed by atoms with Crippen LogP contribution in [0.1, 0.15) is 11.1 Å². The molecule has 0 unspecified atom stereocenters. The molecule has 0 radical (unpaired) electrons. The van der Waals surface area contributed by atoms with Crippen LogP contribution in [0.25, 0.3) is 0 Å². The lowest BCUT2D eigenvalue weighted by Gasteiger charge is -2.08. The van der Waals surface area contributed by atoms with Crippen LogP contribution in [0.4, 0.5) is 11.4 Å². The Morgan fingerprint density at radius 2 is 1.87 bits per heavy atom.